The van der Waals surface area contributed by atoms with Crippen molar-refractivity contribution in [3.63, 3.8) is 0 Å². The predicted octanol–water partition coefficient (Wildman–Crippen LogP) is 1.57. The number of carbonyl (C=O) groups is 3. The van der Waals surface area contributed by atoms with Crippen LogP contribution in [0.15, 0.2) is 24.3 Å². The number of anilines is 1. The lowest BCUT2D eigenvalue weighted by Gasteiger charge is -2.67. The zero-order valence-electron chi connectivity index (χ0n) is 30.1. The molecule has 6 N–H and O–H groups in total. The number of primary amides is 1. The fourth-order valence-corrected chi connectivity index (χ4v) is 11.4. The Morgan fingerprint density at radius 1 is 1.10 bits per heavy atom. The van der Waals surface area contributed by atoms with E-state index in [0.717, 1.165) is 0 Å². The summed E-state index contributed by atoms with van der Waals surface area (Å²) in [4.78, 5) is 40.6. The molecule has 1 aromatic carbocycles. The van der Waals surface area contributed by atoms with E-state index in [0.29, 0.717) is 38.9 Å². The highest BCUT2D eigenvalue weighted by Gasteiger charge is 2.80. The van der Waals surface area contributed by atoms with Crippen molar-refractivity contribution in [1.82, 2.24) is 4.90 Å². The fourth-order valence-electron chi connectivity index (χ4n) is 11.4. The summed E-state index contributed by atoms with van der Waals surface area (Å²) in [5, 5.41) is 40.2. The van der Waals surface area contributed by atoms with Crippen LogP contribution in [0.1, 0.15) is 63.2 Å². The second-order valence-electron chi connectivity index (χ2n) is 15.9. The molecule has 0 radical (unpaired) electrons. The lowest BCUT2D eigenvalue weighted by Crippen LogP contribution is -2.74. The number of esters is 1. The highest BCUT2D eigenvalue weighted by atomic mass is 16.5. The number of piperidine rings is 1. The van der Waals surface area contributed by atoms with Gasteiger partial charge < -0.3 is 50.2 Å². The Morgan fingerprint density at radius 2 is 1.82 bits per heavy atom. The van der Waals surface area contributed by atoms with E-state index in [1.807, 2.05) is 0 Å². The molecule has 5 aliphatic rings. The molecule has 13 nitrogen and oxygen atoms in total. The van der Waals surface area contributed by atoms with Gasteiger partial charge in [-0.2, -0.15) is 0 Å². The lowest BCUT2D eigenvalue weighted by molar-refractivity contribution is -0.282. The van der Waals surface area contributed by atoms with Gasteiger partial charge in [-0.1, -0.05) is 26.0 Å². The van der Waals surface area contributed by atoms with Crippen molar-refractivity contribution in [2.24, 2.45) is 46.2 Å². The maximum atomic E-state index is 14.0. The average Bonchev–Trinajstić information content (AvgIpc) is 3.33. The van der Waals surface area contributed by atoms with Crippen LogP contribution in [0.4, 0.5) is 5.69 Å². The number of hydrogen-bond donors (Lipinski definition) is 5. The number of benzene rings is 1. The molecule has 50 heavy (non-hydrogen) atoms. The van der Waals surface area contributed by atoms with Crippen LogP contribution in [0.2, 0.25) is 0 Å². The number of nitrogens with one attached hydrogen (secondary N) is 1. The van der Waals surface area contributed by atoms with Crippen LogP contribution >= 0.6 is 0 Å². The number of ether oxygens (including phenoxy) is 4. The molecule has 1 heterocycles. The van der Waals surface area contributed by atoms with Crippen molar-refractivity contribution in [3.05, 3.63) is 29.8 Å². The van der Waals surface area contributed by atoms with Gasteiger partial charge in [0.2, 0.25) is 11.8 Å². The minimum Gasteiger partial charge on any atom is -0.461 e. The summed E-state index contributed by atoms with van der Waals surface area (Å²) in [5.41, 5.74) is 0.807. The smallest absolute Gasteiger partial charge is 0.340 e. The molecule has 6 rings (SSSR count). The highest BCUT2D eigenvalue weighted by molar-refractivity contribution is 6.02. The van der Waals surface area contributed by atoms with Crippen LogP contribution in [0.25, 0.3) is 0 Å². The summed E-state index contributed by atoms with van der Waals surface area (Å²) < 4.78 is 24.8. The van der Waals surface area contributed by atoms with E-state index in [2.05, 4.69) is 17.1 Å². The maximum Gasteiger partial charge on any atom is 0.340 e. The van der Waals surface area contributed by atoms with Gasteiger partial charge in [0, 0.05) is 81.8 Å². The number of rotatable bonds is 11. The molecule has 13 atom stereocenters. The Kier molecular flexibility index (Phi) is 9.95. The molecular weight excluding hydrogens is 646 g/mol. The topological polar surface area (TPSA) is 190 Å². The first-order chi connectivity index (χ1) is 23.6. The first-order valence-corrected chi connectivity index (χ1v) is 17.9. The van der Waals surface area contributed by atoms with Gasteiger partial charge >= 0.3 is 5.97 Å². The first kappa shape index (κ1) is 37.1. The lowest BCUT2D eigenvalue weighted by atomic mass is 9.45. The van der Waals surface area contributed by atoms with Gasteiger partial charge in [-0.05, 0) is 50.8 Å². The molecule has 4 bridgehead atoms. The van der Waals surface area contributed by atoms with Crippen LogP contribution < -0.4 is 11.1 Å². The van der Waals surface area contributed by atoms with Crippen molar-refractivity contribution >= 4 is 23.5 Å². The molecule has 1 saturated heterocycles. The number of nitrogens with zero attached hydrogens (tertiary/aromatic N) is 1. The normalized spacial score (nSPS) is 42.6. The number of carbonyl (C=O) groups excluding carboxylic acids is 3. The van der Waals surface area contributed by atoms with E-state index in [1.54, 1.807) is 59.4 Å². The quantitative estimate of drug-likeness (QED) is 0.211. The average molecular weight is 702 g/mol. The third-order valence-electron chi connectivity index (χ3n) is 13.7. The Hall–Kier alpha value is -2.65. The number of nitrogens with two attached hydrogens (primary N) is 1. The van der Waals surface area contributed by atoms with Crippen LogP contribution in [0, 0.1) is 40.4 Å². The molecule has 0 aromatic heterocycles. The summed E-state index contributed by atoms with van der Waals surface area (Å²) in [5.74, 6) is -3.91. The van der Waals surface area contributed by atoms with Crippen LogP contribution in [-0.2, 0) is 28.5 Å². The first-order valence-electron chi connectivity index (χ1n) is 17.9. The molecular formula is C37H55N3O10. The van der Waals surface area contributed by atoms with Gasteiger partial charge in [-0.15, -0.1) is 0 Å². The maximum absolute atomic E-state index is 14.0. The molecule has 1 aliphatic heterocycles. The van der Waals surface area contributed by atoms with E-state index in [1.165, 1.54) is 0 Å². The third-order valence-corrected chi connectivity index (χ3v) is 13.7. The van der Waals surface area contributed by atoms with Crippen molar-refractivity contribution in [3.8, 4) is 0 Å². The molecule has 4 saturated carbocycles. The van der Waals surface area contributed by atoms with Crippen LogP contribution in [0.3, 0.4) is 0 Å². The summed E-state index contributed by atoms with van der Waals surface area (Å²) >= 11 is 0. The minimum absolute atomic E-state index is 0.00932. The van der Waals surface area contributed by atoms with E-state index >= 15 is 0 Å². The Labute approximate surface area is 294 Å². The zero-order valence-corrected chi connectivity index (χ0v) is 30.1. The summed E-state index contributed by atoms with van der Waals surface area (Å²) in [7, 11) is 4.84. The van der Waals surface area contributed by atoms with Gasteiger partial charge in [-0.25, -0.2) is 4.79 Å². The number of methoxy groups -OCH3 is 3. The van der Waals surface area contributed by atoms with Crippen molar-refractivity contribution < 1.29 is 48.7 Å². The number of aliphatic hydroxyl groups excluding tert-OH is 1. The molecule has 13 heteroatoms. The van der Waals surface area contributed by atoms with E-state index in [4.69, 9.17) is 24.7 Å². The van der Waals surface area contributed by atoms with Gasteiger partial charge in [0.15, 0.2) is 0 Å². The van der Waals surface area contributed by atoms with Gasteiger partial charge in [0.25, 0.3) is 0 Å². The Bertz CT molecular complexity index is 1470. The zero-order chi connectivity index (χ0) is 36.4. The fraction of sp³-hybridized carbons (Fsp3) is 0.757. The van der Waals surface area contributed by atoms with Gasteiger partial charge in [0.1, 0.15) is 11.2 Å². The molecule has 13 unspecified atom stereocenters. The molecule has 2 amide bonds. The minimum atomic E-state index is -1.82. The SMILES string of the molecule is CCN1CC2(COC(=O)c3ccccc3NC(=O)CC(C)C(N)=O)CCC(OC)C3(C1)C1CC4C(OC)CC(O)(C1C4O)C(C)(O)C(OC)C23. The Balaban J connectivity index is 1.41. The molecule has 4 aliphatic carbocycles. The van der Waals surface area contributed by atoms with E-state index in [-0.39, 0.29) is 48.6 Å². The number of amides is 2. The van der Waals surface area contributed by atoms with Crippen LogP contribution in [0.5, 0.6) is 0 Å². The monoisotopic (exact) mass is 701 g/mol. The second-order valence-corrected chi connectivity index (χ2v) is 15.9. The number of fused-ring (bicyclic) bond motifs is 1. The second kappa shape index (κ2) is 13.4. The number of hydrogen-bond acceptors (Lipinski definition) is 11. The third kappa shape index (κ3) is 5.41. The summed E-state index contributed by atoms with van der Waals surface area (Å²) in [6.45, 7) is 7.14. The molecule has 278 valence electrons. The van der Waals surface area contributed by atoms with Crippen molar-refractivity contribution in [1.29, 1.82) is 0 Å². The molecule has 5 fully saturated rings. The van der Waals surface area contributed by atoms with Gasteiger partial charge in [0.05, 0.1) is 42.3 Å². The largest absolute Gasteiger partial charge is 0.461 e. The van der Waals surface area contributed by atoms with E-state index in [9.17, 15) is 29.7 Å². The standard InChI is InChI=1S/C37H55N3O10/c1-7-40-17-35(19-50-33(44)21-10-8-9-11-24(21)39-27(41)14-20(2)32(38)43)13-12-26(48-5)36(18-40)23-15-22-25(47-4)16-37(46,28(23)29(22)42)34(3,45)31(49-6)30(35)36/h8-11,20,22-23,25-26,28-31,42,45-46H,7,12-19H2,1-6H3,(H2,38,43)(H,39,41). The van der Waals surface area contributed by atoms with Crippen molar-refractivity contribution in [2.75, 3.05) is 52.9 Å². The number of para-hydroxylation sites is 1. The predicted molar refractivity (Wildman–Crippen MR) is 182 cm³/mol. The molecule has 1 aromatic rings. The summed E-state index contributed by atoms with van der Waals surface area (Å²) in [6.07, 6.45) is -0.676. The van der Waals surface area contributed by atoms with Gasteiger partial charge in [-0.3, -0.25) is 9.59 Å². The van der Waals surface area contributed by atoms with Crippen LogP contribution in [-0.4, -0.2) is 121 Å². The molecule has 0 spiro atoms. The number of likely N-dealkylation sites (tertiary alicyclic amines) is 1. The Morgan fingerprint density at radius 3 is 2.46 bits per heavy atom. The summed E-state index contributed by atoms with van der Waals surface area (Å²) in [6, 6.07) is 6.56. The van der Waals surface area contributed by atoms with Crippen molar-refractivity contribution in [2.45, 2.75) is 88.5 Å². The highest BCUT2D eigenvalue weighted by Crippen LogP contribution is 2.72. The number of aliphatic hydroxyl groups is 3. The van der Waals surface area contributed by atoms with E-state index < -0.39 is 75.9 Å².